The summed E-state index contributed by atoms with van der Waals surface area (Å²) in [7, 11) is -5.84. The Balaban J connectivity index is 0.000000203. The van der Waals surface area contributed by atoms with Crippen LogP contribution >= 0.6 is 0 Å². The highest BCUT2D eigenvalue weighted by Crippen LogP contribution is 2.33. The lowest BCUT2D eigenvalue weighted by atomic mass is 9.93. The highest BCUT2D eigenvalue weighted by molar-refractivity contribution is 7.86. The highest BCUT2D eigenvalue weighted by Gasteiger charge is 2.44. The summed E-state index contributed by atoms with van der Waals surface area (Å²) in [6.07, 6.45) is 2.76. The van der Waals surface area contributed by atoms with E-state index in [1.165, 1.54) is 0 Å². The second-order valence-corrected chi connectivity index (χ2v) is 5.48. The third-order valence-corrected chi connectivity index (χ3v) is 3.26. The molecule has 112 valence electrons. The van der Waals surface area contributed by atoms with Crippen molar-refractivity contribution in [2.24, 2.45) is 0 Å². The fraction of sp³-hybridized carbons (Fsp3) is 0.889. The Morgan fingerprint density at radius 3 is 1.79 bits per heavy atom. The Morgan fingerprint density at radius 2 is 1.47 bits per heavy atom. The maximum Gasteiger partial charge on any atom is 0.522 e. The van der Waals surface area contributed by atoms with Crippen LogP contribution in [0, 0.1) is 0 Å². The van der Waals surface area contributed by atoms with Gasteiger partial charge in [0.25, 0.3) is 0 Å². The van der Waals surface area contributed by atoms with E-state index in [9.17, 15) is 18.0 Å². The average Bonchev–Trinajstić information content (AvgIpc) is 2.70. The fourth-order valence-corrected chi connectivity index (χ4v) is 1.70. The number of Topliss-reactive ketones (excluding diaryl/α,β-unsaturated/α-hetero) is 1. The summed E-state index contributed by atoms with van der Waals surface area (Å²) in [6, 6.07) is 0. The smallest absolute Gasteiger partial charge is 0.348 e. The van der Waals surface area contributed by atoms with Gasteiger partial charge in [0, 0.05) is 25.7 Å². The third-order valence-electron chi connectivity index (χ3n) is 2.68. The van der Waals surface area contributed by atoms with Gasteiger partial charge in [-0.3, -0.25) is 9.35 Å². The first-order chi connectivity index (χ1) is 8.56. The summed E-state index contributed by atoms with van der Waals surface area (Å²) >= 11 is 0. The summed E-state index contributed by atoms with van der Waals surface area (Å²) in [4.78, 5) is 10.9. The summed E-state index contributed by atoms with van der Waals surface area (Å²) in [5, 5.41) is 0. The minimum atomic E-state index is -5.84. The predicted molar refractivity (Wildman–Crippen MR) is 55.7 cm³/mol. The van der Waals surface area contributed by atoms with Crippen molar-refractivity contribution in [3.8, 4) is 0 Å². The zero-order valence-electron chi connectivity index (χ0n) is 9.77. The molecule has 0 bridgehead atoms. The molecule has 0 atom stereocenters. The van der Waals surface area contributed by atoms with E-state index >= 15 is 0 Å². The molecule has 1 heterocycles. The Hall–Kier alpha value is -0.710. The van der Waals surface area contributed by atoms with Crippen LogP contribution in [0.2, 0.25) is 0 Å². The minimum absolute atomic E-state index is 0.342. The van der Waals surface area contributed by atoms with E-state index < -0.39 is 15.6 Å². The molecule has 6 nitrogen and oxygen atoms in total. The second kappa shape index (κ2) is 5.73. The van der Waals surface area contributed by atoms with E-state index in [0.717, 1.165) is 12.8 Å². The van der Waals surface area contributed by atoms with Gasteiger partial charge < -0.3 is 9.47 Å². The Bertz CT molecular complexity index is 412. The molecule has 2 fully saturated rings. The monoisotopic (exact) mass is 306 g/mol. The molecule has 1 aliphatic carbocycles. The van der Waals surface area contributed by atoms with Crippen molar-refractivity contribution in [3.05, 3.63) is 0 Å². The van der Waals surface area contributed by atoms with Crippen LogP contribution in [0.3, 0.4) is 0 Å². The highest BCUT2D eigenvalue weighted by atomic mass is 32.2. The molecule has 2 aliphatic rings. The van der Waals surface area contributed by atoms with Crippen LogP contribution < -0.4 is 0 Å². The number of ketones is 1. The summed E-state index contributed by atoms with van der Waals surface area (Å²) in [5.74, 6) is -0.0248. The van der Waals surface area contributed by atoms with Gasteiger partial charge >= 0.3 is 15.6 Å². The van der Waals surface area contributed by atoms with Crippen molar-refractivity contribution in [2.45, 2.75) is 37.0 Å². The zero-order chi connectivity index (χ0) is 14.7. The van der Waals surface area contributed by atoms with Gasteiger partial charge in [-0.25, -0.2) is 0 Å². The Morgan fingerprint density at radius 1 is 1.11 bits per heavy atom. The van der Waals surface area contributed by atoms with Gasteiger partial charge in [-0.05, 0) is 0 Å². The SMILES string of the molecule is O=C1CCC2(CC1)OCCO2.O=S(=O)(O)C(F)(F)F. The third kappa shape index (κ3) is 4.71. The Kier molecular flexibility index (Phi) is 4.93. The van der Waals surface area contributed by atoms with Crippen LogP contribution in [0.5, 0.6) is 0 Å². The minimum Gasteiger partial charge on any atom is -0.348 e. The van der Waals surface area contributed by atoms with Crippen molar-refractivity contribution in [3.63, 3.8) is 0 Å². The summed E-state index contributed by atoms with van der Waals surface area (Å²) in [6.45, 7) is 1.38. The lowest BCUT2D eigenvalue weighted by Crippen LogP contribution is -2.35. The van der Waals surface area contributed by atoms with Gasteiger partial charge in [0.2, 0.25) is 0 Å². The van der Waals surface area contributed by atoms with E-state index in [1.54, 1.807) is 0 Å². The maximum atomic E-state index is 10.9. The molecule has 0 unspecified atom stereocenters. The van der Waals surface area contributed by atoms with Crippen LogP contribution in [0.1, 0.15) is 25.7 Å². The molecule has 1 N–H and O–H groups in total. The van der Waals surface area contributed by atoms with Crippen molar-refractivity contribution in [2.75, 3.05) is 13.2 Å². The average molecular weight is 306 g/mol. The number of carbonyl (C=O) groups is 1. The van der Waals surface area contributed by atoms with Crippen molar-refractivity contribution >= 4 is 15.9 Å². The van der Waals surface area contributed by atoms with Crippen molar-refractivity contribution in [1.82, 2.24) is 0 Å². The topological polar surface area (TPSA) is 89.9 Å². The molecule has 19 heavy (non-hydrogen) atoms. The number of rotatable bonds is 0. The number of ether oxygens (including phenoxy) is 2. The lowest BCUT2D eigenvalue weighted by Gasteiger charge is -2.30. The van der Waals surface area contributed by atoms with Gasteiger partial charge in [-0.2, -0.15) is 21.6 Å². The van der Waals surface area contributed by atoms with Crippen LogP contribution in [-0.2, 0) is 24.4 Å². The summed E-state index contributed by atoms with van der Waals surface area (Å²) in [5.41, 5.74) is -5.53. The number of hydrogen-bond acceptors (Lipinski definition) is 5. The zero-order valence-corrected chi connectivity index (χ0v) is 10.6. The van der Waals surface area contributed by atoms with Crippen molar-refractivity contribution < 1.29 is 40.4 Å². The van der Waals surface area contributed by atoms with Gasteiger partial charge in [-0.15, -0.1) is 0 Å². The second-order valence-electron chi connectivity index (χ2n) is 4.07. The van der Waals surface area contributed by atoms with Crippen molar-refractivity contribution in [1.29, 1.82) is 0 Å². The van der Waals surface area contributed by atoms with E-state index in [1.807, 2.05) is 0 Å². The van der Waals surface area contributed by atoms with Crippen LogP contribution in [-0.4, -0.2) is 43.3 Å². The maximum absolute atomic E-state index is 10.9. The molecule has 1 spiro atoms. The molecular weight excluding hydrogens is 293 g/mol. The Labute approximate surface area is 107 Å². The lowest BCUT2D eigenvalue weighted by molar-refractivity contribution is -0.179. The summed E-state index contributed by atoms with van der Waals surface area (Å²) < 4.78 is 68.5. The van der Waals surface area contributed by atoms with E-state index in [2.05, 4.69) is 0 Å². The van der Waals surface area contributed by atoms with Gasteiger partial charge in [0.15, 0.2) is 5.79 Å². The normalized spacial score (nSPS) is 23.1. The molecule has 0 aromatic rings. The molecule has 0 aromatic carbocycles. The van der Waals surface area contributed by atoms with Crippen LogP contribution in [0.4, 0.5) is 13.2 Å². The first kappa shape index (κ1) is 16.3. The number of halogens is 3. The standard InChI is InChI=1S/C8H12O3.CHF3O3S/c9-7-1-3-8(4-2-7)10-5-6-11-8;2-1(3,4)8(5,6)7/h1-6H2;(H,5,6,7). The molecule has 10 heteroatoms. The van der Waals surface area contributed by atoms with Gasteiger partial charge in [-0.1, -0.05) is 0 Å². The molecule has 0 aromatic heterocycles. The first-order valence-electron chi connectivity index (χ1n) is 5.39. The molecule has 1 saturated carbocycles. The predicted octanol–water partition coefficient (Wildman–Crippen LogP) is 1.27. The van der Waals surface area contributed by atoms with E-state index in [4.69, 9.17) is 22.4 Å². The van der Waals surface area contributed by atoms with Gasteiger partial charge in [0.1, 0.15) is 5.78 Å². The fourth-order valence-electron chi connectivity index (χ4n) is 1.70. The number of carbonyl (C=O) groups excluding carboxylic acids is 1. The van der Waals surface area contributed by atoms with E-state index in [-0.39, 0.29) is 5.79 Å². The number of hydrogen-bond donors (Lipinski definition) is 1. The molecule has 0 amide bonds. The van der Waals surface area contributed by atoms with Crippen LogP contribution in [0.25, 0.3) is 0 Å². The molecule has 1 aliphatic heterocycles. The molecule has 1 saturated heterocycles. The largest absolute Gasteiger partial charge is 0.522 e. The first-order valence-corrected chi connectivity index (χ1v) is 6.83. The van der Waals surface area contributed by atoms with E-state index in [0.29, 0.717) is 31.8 Å². The number of alkyl halides is 3. The molecule has 0 radical (unpaired) electrons. The van der Waals surface area contributed by atoms with Gasteiger partial charge in [0.05, 0.1) is 13.2 Å². The molecular formula is C9H13F3O6S. The van der Waals surface area contributed by atoms with Crippen LogP contribution in [0.15, 0.2) is 0 Å². The quantitative estimate of drug-likeness (QED) is 0.535. The molecule has 2 rings (SSSR count).